The van der Waals surface area contributed by atoms with Gasteiger partial charge in [-0.25, -0.2) is 0 Å². The fraction of sp³-hybridized carbons (Fsp3) is 0.700. The fourth-order valence-corrected chi connectivity index (χ4v) is 4.34. The number of nitrogens with one attached hydrogen (secondary N) is 1. The van der Waals surface area contributed by atoms with Crippen LogP contribution in [0.4, 0.5) is 0 Å². The first-order valence-corrected chi connectivity index (χ1v) is 8.77. The zero-order chi connectivity index (χ0) is 15.0. The molecule has 1 nitrogen and oxygen atoms in total. The van der Waals surface area contributed by atoms with E-state index < -0.39 is 0 Å². The van der Waals surface area contributed by atoms with Gasteiger partial charge in [-0.15, -0.1) is 0 Å². The first-order chi connectivity index (χ1) is 9.93. The number of hydrogen-bond donors (Lipinski definition) is 1. The van der Waals surface area contributed by atoms with Gasteiger partial charge in [-0.1, -0.05) is 51.5 Å². The van der Waals surface area contributed by atoms with E-state index in [4.69, 9.17) is 0 Å². The summed E-state index contributed by atoms with van der Waals surface area (Å²) in [4.78, 5) is 0. The summed E-state index contributed by atoms with van der Waals surface area (Å²) in [5.41, 5.74) is 3.09. The van der Waals surface area contributed by atoms with E-state index in [-0.39, 0.29) is 5.41 Å². The van der Waals surface area contributed by atoms with Gasteiger partial charge in [-0.05, 0) is 67.0 Å². The van der Waals surface area contributed by atoms with E-state index in [0.29, 0.717) is 6.04 Å². The van der Waals surface area contributed by atoms with Crippen molar-refractivity contribution in [2.75, 3.05) is 6.54 Å². The first kappa shape index (κ1) is 15.1. The van der Waals surface area contributed by atoms with E-state index >= 15 is 0 Å². The van der Waals surface area contributed by atoms with Crippen LogP contribution < -0.4 is 5.32 Å². The molecule has 0 spiro atoms. The Morgan fingerprint density at radius 1 is 1.10 bits per heavy atom. The molecule has 1 heteroatoms. The second-order valence-electron chi connectivity index (χ2n) is 8.44. The molecule has 2 fully saturated rings. The molecule has 0 saturated heterocycles. The molecule has 2 aliphatic rings. The van der Waals surface area contributed by atoms with Crippen LogP contribution in [-0.4, -0.2) is 6.54 Å². The van der Waals surface area contributed by atoms with Crippen molar-refractivity contribution in [3.63, 3.8) is 0 Å². The van der Waals surface area contributed by atoms with Crippen LogP contribution in [0.3, 0.4) is 0 Å². The normalized spacial score (nSPS) is 29.8. The average molecular weight is 285 g/mol. The fourth-order valence-electron chi connectivity index (χ4n) is 4.34. The summed E-state index contributed by atoms with van der Waals surface area (Å²) in [7, 11) is 0. The average Bonchev–Trinajstić information content (AvgIpc) is 3.06. The van der Waals surface area contributed by atoms with Gasteiger partial charge in [0.1, 0.15) is 0 Å². The lowest BCUT2D eigenvalue weighted by molar-refractivity contribution is 0.309. The molecule has 1 aromatic rings. The predicted octanol–water partition coefficient (Wildman–Crippen LogP) is 5.07. The monoisotopic (exact) mass is 285 g/mol. The zero-order valence-electron chi connectivity index (χ0n) is 14.2. The maximum Gasteiger partial charge on any atom is 0.0291 e. The van der Waals surface area contributed by atoms with Gasteiger partial charge in [-0.3, -0.25) is 0 Å². The summed E-state index contributed by atoms with van der Waals surface area (Å²) < 4.78 is 0. The van der Waals surface area contributed by atoms with Crippen molar-refractivity contribution in [3.8, 4) is 0 Å². The highest BCUT2D eigenvalue weighted by Gasteiger charge is 2.39. The lowest BCUT2D eigenvalue weighted by atomic mass is 9.86. The first-order valence-electron chi connectivity index (χ1n) is 8.77. The minimum absolute atomic E-state index is 0.248. The van der Waals surface area contributed by atoms with E-state index in [9.17, 15) is 0 Å². The molecule has 2 saturated carbocycles. The van der Waals surface area contributed by atoms with Crippen molar-refractivity contribution >= 4 is 0 Å². The second kappa shape index (κ2) is 5.76. The molecule has 2 aliphatic carbocycles. The van der Waals surface area contributed by atoms with Gasteiger partial charge in [0, 0.05) is 6.04 Å². The Kier molecular flexibility index (Phi) is 4.14. The lowest BCUT2D eigenvalue weighted by Gasteiger charge is -2.25. The largest absolute Gasteiger partial charge is 0.310 e. The molecule has 3 rings (SSSR count). The lowest BCUT2D eigenvalue weighted by Crippen LogP contribution is -2.28. The maximum absolute atomic E-state index is 3.78. The van der Waals surface area contributed by atoms with Gasteiger partial charge in [-0.2, -0.15) is 0 Å². The number of hydrogen-bond acceptors (Lipinski definition) is 1. The highest BCUT2D eigenvalue weighted by atomic mass is 14.9. The van der Waals surface area contributed by atoms with Gasteiger partial charge < -0.3 is 5.32 Å². The topological polar surface area (TPSA) is 12.0 Å². The minimum Gasteiger partial charge on any atom is -0.310 e. The summed E-state index contributed by atoms with van der Waals surface area (Å²) in [6, 6.07) is 9.67. The van der Waals surface area contributed by atoms with E-state index in [1.807, 2.05) is 0 Å². The molecule has 4 unspecified atom stereocenters. The number of benzene rings is 1. The Morgan fingerprint density at radius 3 is 2.33 bits per heavy atom. The summed E-state index contributed by atoms with van der Waals surface area (Å²) in [5, 5.41) is 3.78. The van der Waals surface area contributed by atoms with Crippen LogP contribution in [0.1, 0.15) is 70.5 Å². The Morgan fingerprint density at radius 2 is 1.81 bits per heavy atom. The van der Waals surface area contributed by atoms with E-state index in [2.05, 4.69) is 57.3 Å². The molecular formula is C20H31N. The SMILES string of the molecule is CC(NCC1CC2CCC1C2)c1ccc(C(C)(C)C)cc1. The van der Waals surface area contributed by atoms with Crippen molar-refractivity contribution in [3.05, 3.63) is 35.4 Å². The molecular weight excluding hydrogens is 254 g/mol. The molecule has 4 atom stereocenters. The van der Waals surface area contributed by atoms with E-state index in [1.54, 1.807) is 0 Å². The van der Waals surface area contributed by atoms with Crippen LogP contribution in [0.2, 0.25) is 0 Å². The van der Waals surface area contributed by atoms with Crippen LogP contribution >= 0.6 is 0 Å². The van der Waals surface area contributed by atoms with Gasteiger partial charge in [0.15, 0.2) is 0 Å². The third-order valence-corrected chi connectivity index (χ3v) is 5.85. The van der Waals surface area contributed by atoms with Crippen molar-refractivity contribution in [1.82, 2.24) is 5.32 Å². The van der Waals surface area contributed by atoms with Gasteiger partial charge >= 0.3 is 0 Å². The van der Waals surface area contributed by atoms with Crippen LogP contribution in [0.25, 0.3) is 0 Å². The standard InChI is InChI=1S/C20H31N/c1-14(16-7-9-19(10-8-16)20(2,3)4)21-13-18-12-15-5-6-17(18)11-15/h7-10,14-15,17-18,21H,5-6,11-13H2,1-4H3. The highest BCUT2D eigenvalue weighted by Crippen LogP contribution is 2.48. The Bertz CT molecular complexity index is 468. The van der Waals surface area contributed by atoms with Gasteiger partial charge in [0.2, 0.25) is 0 Å². The van der Waals surface area contributed by atoms with Crippen molar-refractivity contribution < 1.29 is 0 Å². The Hall–Kier alpha value is -0.820. The third-order valence-electron chi connectivity index (χ3n) is 5.85. The number of fused-ring (bicyclic) bond motifs is 2. The van der Waals surface area contributed by atoms with Crippen LogP contribution in [0.5, 0.6) is 0 Å². The van der Waals surface area contributed by atoms with Crippen molar-refractivity contribution in [2.45, 2.75) is 64.8 Å². The molecule has 1 aromatic carbocycles. The Labute approximate surface area is 130 Å². The molecule has 2 bridgehead atoms. The third kappa shape index (κ3) is 3.34. The molecule has 1 N–H and O–H groups in total. The molecule has 0 aliphatic heterocycles. The van der Waals surface area contributed by atoms with Gasteiger partial charge in [0.25, 0.3) is 0 Å². The van der Waals surface area contributed by atoms with Crippen LogP contribution in [0.15, 0.2) is 24.3 Å². The maximum atomic E-state index is 3.78. The van der Waals surface area contributed by atoms with E-state index in [1.165, 1.54) is 43.4 Å². The second-order valence-corrected chi connectivity index (χ2v) is 8.44. The zero-order valence-corrected chi connectivity index (χ0v) is 14.2. The van der Waals surface area contributed by atoms with Crippen LogP contribution in [-0.2, 0) is 5.41 Å². The summed E-state index contributed by atoms with van der Waals surface area (Å²) >= 11 is 0. The van der Waals surface area contributed by atoms with Crippen molar-refractivity contribution in [2.24, 2.45) is 17.8 Å². The molecule has 0 amide bonds. The molecule has 116 valence electrons. The molecule has 21 heavy (non-hydrogen) atoms. The smallest absolute Gasteiger partial charge is 0.0291 e. The Balaban J connectivity index is 1.54. The van der Waals surface area contributed by atoms with Gasteiger partial charge in [0.05, 0.1) is 0 Å². The van der Waals surface area contributed by atoms with Crippen LogP contribution in [0, 0.1) is 17.8 Å². The molecule has 0 aromatic heterocycles. The molecule has 0 radical (unpaired) electrons. The predicted molar refractivity (Wildman–Crippen MR) is 90.5 cm³/mol. The highest BCUT2D eigenvalue weighted by molar-refractivity contribution is 5.29. The quantitative estimate of drug-likeness (QED) is 0.814. The van der Waals surface area contributed by atoms with Crippen molar-refractivity contribution in [1.29, 1.82) is 0 Å². The van der Waals surface area contributed by atoms with E-state index in [0.717, 1.165) is 17.8 Å². The molecule has 0 heterocycles. The minimum atomic E-state index is 0.248. The summed E-state index contributed by atoms with van der Waals surface area (Å²) in [6.45, 7) is 10.3. The summed E-state index contributed by atoms with van der Waals surface area (Å²) in [5.74, 6) is 3.03. The summed E-state index contributed by atoms with van der Waals surface area (Å²) in [6.07, 6.45) is 5.99. The number of rotatable bonds is 4.